The molecule has 2 heterocycles. The van der Waals surface area contributed by atoms with Gasteiger partial charge in [0.15, 0.2) is 17.9 Å². The molecule has 0 saturated carbocycles. The Labute approximate surface area is 373 Å². The van der Waals surface area contributed by atoms with Crippen molar-refractivity contribution in [2.45, 2.75) is 93.8 Å². The molecule has 304 valence electrons. The summed E-state index contributed by atoms with van der Waals surface area (Å²) in [7, 11) is 1.66. The van der Waals surface area contributed by atoms with Gasteiger partial charge < -0.3 is 36.0 Å². The number of carbonyl (C=O) groups is 4. The number of likely N-dealkylation sites (tertiary alicyclic amines) is 1. The van der Waals surface area contributed by atoms with Crippen molar-refractivity contribution in [2.75, 3.05) is 33.3 Å². The summed E-state index contributed by atoms with van der Waals surface area (Å²) >= 11 is 0. The Balaban J connectivity index is 0.000000905. The van der Waals surface area contributed by atoms with E-state index in [4.69, 9.17) is 4.74 Å². The summed E-state index contributed by atoms with van der Waals surface area (Å²) in [5.74, 6) is -1.87. The minimum Gasteiger partial charge on any atom is -0.468 e. The number of aryl methyl sites for hydroxylation is 3. The number of likely N-dealkylation sites (N-methyl/N-ethyl adjacent to an activating group) is 1. The first-order valence-corrected chi connectivity index (χ1v) is 18.3. The topological polar surface area (TPSA) is 136 Å². The average molecular weight is 809 g/mol. The molecule has 4 rings (SSSR count). The fourth-order valence-electron chi connectivity index (χ4n) is 5.75. The molecular formula is C42H59F2KN4O7. The molecule has 0 radical (unpaired) electrons. The number of ether oxygens (including phenoxy) is 2. The average Bonchev–Trinajstić information content (AvgIpc) is 3.07. The molecule has 14 heteroatoms. The van der Waals surface area contributed by atoms with Crippen molar-refractivity contribution in [1.82, 2.24) is 20.1 Å². The quantitative estimate of drug-likeness (QED) is 0.167. The molecule has 1 unspecified atom stereocenters. The van der Waals surface area contributed by atoms with Crippen molar-refractivity contribution in [3.05, 3.63) is 98.8 Å². The van der Waals surface area contributed by atoms with Crippen molar-refractivity contribution in [3.63, 3.8) is 0 Å². The van der Waals surface area contributed by atoms with Crippen LogP contribution in [-0.2, 0) is 25.6 Å². The number of carbonyl (C=O) groups excluding carboxylic acids is 4. The molecule has 1 aromatic heterocycles. The standard InChI is InChI=1S/C21H26F2N2O.C15H20N2O4.C3H6O2.C3H7.K/c1-6-18(25-19(26)11-24-5)16-9-15(10-17(22)21(16)23)20-13(3)7-12(2)8-14(20)4;1-15(2,3)21-14(20)17-8-11(9-17)7-16-6-4-5-12(10-18)13(16)19;1-2-5-3-4;1-3-2;/h7-10,18,24H,6,11H2,1-5H3,(H,25,26);4-6,10-11H,7-9H2,1-3H3;3H,2H2,1H3;3H,1-2H3;/q;;;-1;+1. The Morgan fingerprint density at radius 2 is 1.62 bits per heavy atom. The molecule has 1 fully saturated rings. The summed E-state index contributed by atoms with van der Waals surface area (Å²) in [5.41, 5.74) is 4.19. The molecule has 2 amide bonds. The van der Waals surface area contributed by atoms with Gasteiger partial charge in [0.2, 0.25) is 5.91 Å². The van der Waals surface area contributed by atoms with E-state index in [1.165, 1.54) is 16.7 Å². The van der Waals surface area contributed by atoms with Crippen LogP contribution in [0.1, 0.15) is 93.5 Å². The second-order valence-electron chi connectivity index (χ2n) is 14.1. The normalized spacial score (nSPS) is 12.3. The molecule has 0 aliphatic carbocycles. The van der Waals surface area contributed by atoms with Crippen molar-refractivity contribution in [1.29, 1.82) is 0 Å². The van der Waals surface area contributed by atoms with E-state index in [9.17, 15) is 32.8 Å². The predicted molar refractivity (Wildman–Crippen MR) is 212 cm³/mol. The molecule has 1 aliphatic rings. The van der Waals surface area contributed by atoms with E-state index in [2.05, 4.69) is 15.4 Å². The number of benzene rings is 2. The number of nitrogens with zero attached hydrogens (tertiary/aromatic N) is 2. The van der Waals surface area contributed by atoms with Gasteiger partial charge >= 0.3 is 57.5 Å². The third-order valence-corrected chi connectivity index (χ3v) is 7.95. The maximum atomic E-state index is 14.5. The maximum Gasteiger partial charge on any atom is 1.00 e. The first kappa shape index (κ1) is 52.7. The second kappa shape index (κ2) is 26.6. The van der Waals surface area contributed by atoms with Crippen molar-refractivity contribution >= 4 is 24.8 Å². The molecule has 1 saturated heterocycles. The minimum absolute atomic E-state index is 0. The van der Waals surface area contributed by atoms with Gasteiger partial charge in [0.05, 0.1) is 24.8 Å². The summed E-state index contributed by atoms with van der Waals surface area (Å²) in [4.78, 5) is 57.1. The Bertz CT molecular complexity index is 1750. The molecule has 2 N–H and O–H groups in total. The summed E-state index contributed by atoms with van der Waals surface area (Å²) < 4.78 is 39.8. The maximum absolute atomic E-state index is 14.5. The molecule has 1 atom stereocenters. The van der Waals surface area contributed by atoms with Gasteiger partial charge in [-0.1, -0.05) is 24.6 Å². The van der Waals surface area contributed by atoms with E-state index in [0.29, 0.717) is 51.0 Å². The number of pyridine rings is 1. The summed E-state index contributed by atoms with van der Waals surface area (Å²) in [5, 5.41) is 5.51. The third kappa shape index (κ3) is 17.5. The van der Waals surface area contributed by atoms with Crippen LogP contribution in [0, 0.1) is 44.7 Å². The van der Waals surface area contributed by atoms with Crippen LogP contribution in [0.4, 0.5) is 13.6 Å². The van der Waals surface area contributed by atoms with E-state index in [-0.39, 0.29) is 92.5 Å². The number of amides is 2. The first-order chi connectivity index (χ1) is 25.9. The van der Waals surface area contributed by atoms with Gasteiger partial charge in [0.25, 0.3) is 12.0 Å². The first-order valence-electron chi connectivity index (χ1n) is 18.3. The number of halogens is 2. The number of rotatable bonds is 11. The molecule has 0 spiro atoms. The molecular weight excluding hydrogens is 750 g/mol. The Morgan fingerprint density at radius 3 is 2.09 bits per heavy atom. The molecule has 0 bridgehead atoms. The van der Waals surface area contributed by atoms with Crippen molar-refractivity contribution < 1.29 is 88.8 Å². The van der Waals surface area contributed by atoms with Gasteiger partial charge in [0.1, 0.15) is 5.60 Å². The Kier molecular flexibility index (Phi) is 25.1. The SMILES string of the molecule is CC(C)(C)OC(=O)N1CC(Cn2cccc(C=O)c2=O)C1.CCC(NC(=O)CNC)c1cc(-c2c(C)cc(C)cc2C)cc(F)c1F.CCOC=O.C[CH-]C.[K+]. The molecule has 11 nitrogen and oxygen atoms in total. The van der Waals surface area contributed by atoms with Gasteiger partial charge in [-0.05, 0) is 108 Å². The molecule has 2 aromatic carbocycles. The van der Waals surface area contributed by atoms with E-state index >= 15 is 0 Å². The largest absolute Gasteiger partial charge is 1.00 e. The van der Waals surface area contributed by atoms with E-state index < -0.39 is 23.3 Å². The zero-order valence-corrected chi connectivity index (χ0v) is 38.3. The van der Waals surface area contributed by atoms with Crippen LogP contribution in [0.3, 0.4) is 0 Å². The number of hydrogen-bond donors (Lipinski definition) is 2. The van der Waals surface area contributed by atoms with Crippen LogP contribution >= 0.6 is 0 Å². The van der Waals surface area contributed by atoms with Gasteiger partial charge in [-0.25, -0.2) is 13.6 Å². The van der Waals surface area contributed by atoms with Gasteiger partial charge in [-0.15, -0.1) is 0 Å². The van der Waals surface area contributed by atoms with Crippen molar-refractivity contribution in [2.24, 2.45) is 5.92 Å². The fourth-order valence-corrected chi connectivity index (χ4v) is 5.75. The molecule has 56 heavy (non-hydrogen) atoms. The van der Waals surface area contributed by atoms with Crippen molar-refractivity contribution in [3.8, 4) is 11.1 Å². The Hall–Kier alpha value is -3.27. The smallest absolute Gasteiger partial charge is 0.468 e. The number of aromatic nitrogens is 1. The zero-order chi connectivity index (χ0) is 41.9. The van der Waals surface area contributed by atoms with Gasteiger partial charge in [-0.3, -0.25) is 19.2 Å². The summed E-state index contributed by atoms with van der Waals surface area (Å²) in [6, 6.07) is 9.51. The predicted octanol–water partition coefficient (Wildman–Crippen LogP) is 4.29. The molecule has 1 aliphatic heterocycles. The van der Waals surface area contributed by atoms with E-state index in [1.807, 2.05) is 80.9 Å². The number of hydrogen-bond acceptors (Lipinski definition) is 8. The number of nitrogens with one attached hydrogen (secondary N) is 2. The molecule has 3 aromatic rings. The van der Waals surface area contributed by atoms with Gasteiger partial charge in [-0.2, -0.15) is 13.8 Å². The summed E-state index contributed by atoms with van der Waals surface area (Å²) in [6.07, 6.45) is 4.35. The monoisotopic (exact) mass is 808 g/mol. The van der Waals surface area contributed by atoms with Crippen LogP contribution in [0.25, 0.3) is 11.1 Å². The minimum atomic E-state index is -0.909. The third-order valence-electron chi connectivity index (χ3n) is 7.95. The van der Waals surface area contributed by atoms with Crippen LogP contribution in [-0.4, -0.2) is 73.1 Å². The van der Waals surface area contributed by atoms with Crippen LogP contribution in [0.2, 0.25) is 0 Å². The summed E-state index contributed by atoms with van der Waals surface area (Å²) in [6.45, 7) is 21.6. The second-order valence-corrected chi connectivity index (χ2v) is 14.1. The van der Waals surface area contributed by atoms with E-state index in [1.54, 1.807) is 37.2 Å². The van der Waals surface area contributed by atoms with Crippen LogP contribution < -0.4 is 67.6 Å². The fraction of sp³-hybridized carbons (Fsp3) is 0.476. The Morgan fingerprint density at radius 1 is 1.04 bits per heavy atom. The van der Waals surface area contributed by atoms with Crippen LogP contribution in [0.5, 0.6) is 0 Å². The van der Waals surface area contributed by atoms with E-state index in [0.717, 1.165) is 22.3 Å². The zero-order valence-electron chi connectivity index (χ0n) is 35.2. The van der Waals surface area contributed by atoms with Crippen LogP contribution in [0.15, 0.2) is 47.4 Å². The van der Waals surface area contributed by atoms with Gasteiger partial charge in [0, 0.05) is 37.3 Å². The number of aldehydes is 1.